The number of nitrogens with zero attached hydrogens (tertiary/aromatic N) is 20. The highest BCUT2D eigenvalue weighted by Gasteiger charge is 2.40. The number of carbonyl (C=O) groups is 8. The number of azo groups is 1. The Kier molecular flexibility index (Phi) is 37.7. The molecule has 10 aromatic carbocycles. The Balaban J connectivity index is 0.000000156. The Morgan fingerprint density at radius 1 is 0.429 bits per heavy atom. The predicted molar refractivity (Wildman–Crippen MR) is 571 cm³/mol. The molecule has 6 aliphatic rings. The molecule has 756 valence electrons. The number of nitrogens with two attached hydrogens (primary N) is 1. The summed E-state index contributed by atoms with van der Waals surface area (Å²) in [6.07, 6.45) is 3.47. The molecular weight excluding hydrogens is 1960 g/mol. The molecule has 0 saturated heterocycles. The molecule has 42 heteroatoms. The molecule has 1 atom stereocenters. The number of anilines is 7. The number of carboxylic acid groups (broad SMARTS) is 1. The minimum absolute atomic E-state index is 0.00447. The normalized spacial score (nSPS) is 14.0. The molecule has 1 unspecified atom stereocenters. The number of para-hydroxylation sites is 7. The summed E-state index contributed by atoms with van der Waals surface area (Å²) in [5.41, 5.74) is 19.6. The van der Waals surface area contributed by atoms with Crippen molar-refractivity contribution in [2.24, 2.45) is 62.8 Å². The van der Waals surface area contributed by atoms with E-state index in [-0.39, 0.29) is 97.6 Å². The first-order valence-electron chi connectivity index (χ1n) is 45.0. The first-order valence-corrected chi connectivity index (χ1v) is 47.6. The van der Waals surface area contributed by atoms with Gasteiger partial charge in [0.2, 0.25) is 0 Å². The molecule has 6 amide bonds. The van der Waals surface area contributed by atoms with Gasteiger partial charge in [-0.15, -0.1) is 5.11 Å². The van der Waals surface area contributed by atoms with Crippen LogP contribution in [0.3, 0.4) is 0 Å². The summed E-state index contributed by atoms with van der Waals surface area (Å²) in [7, 11) is 5.03. The predicted octanol–water partition coefficient (Wildman–Crippen LogP) is 16.4. The van der Waals surface area contributed by atoms with E-state index < -0.39 is 22.0 Å². The number of ketones is 1. The van der Waals surface area contributed by atoms with E-state index in [2.05, 4.69) is 40.8 Å². The number of amides is 6. The van der Waals surface area contributed by atoms with Crippen molar-refractivity contribution >= 4 is 160 Å². The van der Waals surface area contributed by atoms with Crippen LogP contribution in [-0.4, -0.2) is 146 Å². The number of carbonyl (C=O) groups excluding carboxylic acids is 7. The third-order valence-electron chi connectivity index (χ3n) is 22.0. The molecule has 0 saturated carbocycles. The molecule has 5 N–H and O–H groups in total. The number of halogens is 3. The summed E-state index contributed by atoms with van der Waals surface area (Å²) in [5.74, 6) is -3.40. The smallest absolute Gasteiger partial charge is 0.352 e. The lowest BCUT2D eigenvalue weighted by atomic mass is 9.94. The highest BCUT2D eigenvalue weighted by Crippen LogP contribution is 2.34. The summed E-state index contributed by atoms with van der Waals surface area (Å²) in [4.78, 5) is 140. The zero-order chi connectivity index (χ0) is 107. The number of aromatic amines is 1. The largest absolute Gasteiger partial charge is 0.477 e. The van der Waals surface area contributed by atoms with E-state index in [1.165, 1.54) is 38.1 Å². The molecule has 0 bridgehead atoms. The maximum Gasteiger partial charge on any atom is 0.352 e. The Bertz CT molecular complexity index is 7780. The number of aryl methyl sites for hydroxylation is 2. The van der Waals surface area contributed by atoms with Crippen molar-refractivity contribution in [3.63, 3.8) is 0 Å². The minimum atomic E-state index is -4.35. The van der Waals surface area contributed by atoms with Crippen LogP contribution in [0.2, 0.25) is 15.1 Å². The molecule has 147 heavy (non-hydrogen) atoms. The third-order valence-corrected chi connectivity index (χ3v) is 23.8. The van der Waals surface area contributed by atoms with Crippen LogP contribution in [0, 0.1) is 33.6 Å². The standard InChI is InChI=1S/C17H14N2O2.C13H17N3O.C11H13N3O.C11H12N2O.C10H9ClN2O4S.2C10H9ClN2O.C10H8N2O3.C10H10N2O.C3H2N2O/c1-12-15(16(20)13-8-4-2-5-9-13)17(21)19(18-12)14-10-6-3-7-11-14;1-10-12(14(2)3)13(17)16(15(10)4)11-8-6-5-7-9-11;1-8-10(12)11(15)14(13(8)2)9-6-4-3-5-7-9;1-9-8-11(14)13(12(9)2)10-6-4-3-5-7-10;1-6-4-10(14)13(12-6)9-5-7(18(15,16)17)2-3-8(9)11;1-7-6-10(14)13(12-7)9-4-2-8(11)3-5-9;1-7-6-10(14)13(12-7)9-5-3-2-4-8(9)11;13-9-6-8(10(14)15)11-12(9)7-4-2-1-3-5-7;1-8-7-10(13)12(11-8)9-5-3-2-4-6-9;6-3-1-2-4-5-3/h2-11,15H,1H3;5-9H,1-4H3;3-7H,12H2,1-2H3;3-8H,1-2H3;2-3,5H,4H2,1H3,(H,15,16,17);2*2-5H,6H2,1H3;1-5H,6H2,(H,14,15);2-7,11H,1H3;1-2H. The Hall–Kier alpha value is -17.5. The van der Waals surface area contributed by atoms with E-state index in [1.54, 1.807) is 142 Å². The first-order chi connectivity index (χ1) is 70.0. The minimum Gasteiger partial charge on any atom is -0.477 e. The van der Waals surface area contributed by atoms with Gasteiger partial charge in [0.05, 0.1) is 115 Å². The fraction of sp³-hybridized carbons (Fsp3) is 0.171. The second kappa shape index (κ2) is 50.4. The average Bonchev–Trinajstić information content (AvgIpc) is 1.64. The van der Waals surface area contributed by atoms with Crippen LogP contribution in [0.4, 0.5) is 39.8 Å². The second-order valence-corrected chi connectivity index (χ2v) is 35.7. The number of H-pyrrole nitrogens is 1. The van der Waals surface area contributed by atoms with Gasteiger partial charge in [0, 0.05) is 92.6 Å². The number of nitrogens with one attached hydrogen (secondary N) is 1. The van der Waals surface area contributed by atoms with Crippen LogP contribution in [0.25, 0.3) is 22.7 Å². The Morgan fingerprint density at radius 2 is 0.844 bits per heavy atom. The molecule has 10 heterocycles. The SMILES string of the molecule is CC1=NN(c2cc(S(=O)(=O)O)ccc2Cl)C(=O)C1.CC1=NN(c2ccc(Cl)cc2)C(=O)C1.CC1=NN(c2ccccc2)C(=O)C1C(=O)c1ccccc1.CC1=NN(c2ccccc2Cl)C(=O)C1.Cc1c(N(C)C)c(=O)n(-c2ccccc2)n1C.Cc1c(N)c(=O)n(-c2ccccc2)n1C.Cc1cc(=O)n(-c2ccccc2)[nH]1.Cc1cc(=O)n(-c2ccccc2)n1C.O=C(O)C1=NN(c2ccccc2)C(=O)C1.O=C1C=CN=N1. The molecular formula is C105H103Cl3N22O16S. The van der Waals surface area contributed by atoms with Crippen molar-refractivity contribution < 1.29 is 56.4 Å². The summed E-state index contributed by atoms with van der Waals surface area (Å²) < 4.78 is 42.9. The van der Waals surface area contributed by atoms with Gasteiger partial charge in [-0.05, 0) is 183 Å². The maximum absolute atomic E-state index is 12.5. The monoisotopic (exact) mass is 2060 g/mol. The zero-order valence-electron chi connectivity index (χ0n) is 81.9. The number of hydrogen-bond acceptors (Lipinski definition) is 22. The number of carboxylic acids is 1. The number of hydrogen-bond donors (Lipinski definition) is 4. The fourth-order valence-electron chi connectivity index (χ4n) is 14.6. The fourth-order valence-corrected chi connectivity index (χ4v) is 15.7. The van der Waals surface area contributed by atoms with Gasteiger partial charge in [0.25, 0.3) is 67.8 Å². The summed E-state index contributed by atoms with van der Waals surface area (Å²) in [6, 6.07) is 85.9. The van der Waals surface area contributed by atoms with Crippen LogP contribution >= 0.6 is 34.8 Å². The van der Waals surface area contributed by atoms with Crippen LogP contribution < -0.4 is 57.9 Å². The quantitative estimate of drug-likeness (QED) is 0.0446. The highest BCUT2D eigenvalue weighted by atomic mass is 35.5. The number of benzene rings is 10. The van der Waals surface area contributed by atoms with Gasteiger partial charge in [0.1, 0.15) is 17.3 Å². The van der Waals surface area contributed by atoms with Gasteiger partial charge in [-0.3, -0.25) is 76.4 Å². The van der Waals surface area contributed by atoms with Crippen molar-refractivity contribution in [2.45, 2.75) is 86.0 Å². The molecule has 14 aromatic rings. The van der Waals surface area contributed by atoms with Gasteiger partial charge in [0.15, 0.2) is 11.5 Å². The zero-order valence-corrected chi connectivity index (χ0v) is 85.0. The van der Waals surface area contributed by atoms with E-state index in [0.717, 1.165) is 90.5 Å². The van der Waals surface area contributed by atoms with Crippen LogP contribution in [-0.2, 0) is 64.8 Å². The van der Waals surface area contributed by atoms with Gasteiger partial charge in [-0.1, -0.05) is 186 Å². The molecule has 6 aliphatic heterocycles. The topological polar surface area (TPSA) is 462 Å². The van der Waals surface area contributed by atoms with Crippen LogP contribution in [0.5, 0.6) is 0 Å². The Morgan fingerprint density at radius 3 is 1.24 bits per heavy atom. The number of hydrazone groups is 5. The average molecular weight is 2070 g/mol. The van der Waals surface area contributed by atoms with E-state index in [0.29, 0.717) is 62.6 Å². The lowest BCUT2D eigenvalue weighted by Gasteiger charge is -2.14. The third kappa shape index (κ3) is 28.3. The Labute approximate surface area is 859 Å². The van der Waals surface area contributed by atoms with Crippen molar-refractivity contribution in [1.82, 2.24) is 37.9 Å². The van der Waals surface area contributed by atoms with E-state index >= 15 is 0 Å². The molecule has 0 fully saturated rings. The van der Waals surface area contributed by atoms with Crippen LogP contribution in [0.15, 0.2) is 363 Å². The van der Waals surface area contributed by atoms with Crippen molar-refractivity contribution in [3.05, 3.63) is 388 Å². The number of Topliss-reactive ketones (excluding diaryl/α,β-unsaturated/α-hetero) is 1. The summed E-state index contributed by atoms with van der Waals surface area (Å²) in [6.45, 7) is 14.6. The van der Waals surface area contributed by atoms with Crippen LogP contribution in [0.1, 0.15) is 86.5 Å². The molecule has 4 aromatic heterocycles. The van der Waals surface area contributed by atoms with Gasteiger partial charge >= 0.3 is 5.97 Å². The van der Waals surface area contributed by atoms with E-state index in [9.17, 15) is 66.0 Å². The van der Waals surface area contributed by atoms with Crippen molar-refractivity contribution in [2.75, 3.05) is 49.8 Å². The molecule has 0 radical (unpaired) electrons. The number of aromatic nitrogens is 8. The van der Waals surface area contributed by atoms with E-state index in [1.807, 2.05) is 255 Å². The van der Waals surface area contributed by atoms with Crippen molar-refractivity contribution in [3.8, 4) is 22.7 Å². The van der Waals surface area contributed by atoms with Crippen molar-refractivity contribution in [1.29, 1.82) is 0 Å². The molecule has 20 rings (SSSR count). The van der Waals surface area contributed by atoms with Gasteiger partial charge < -0.3 is 15.7 Å². The highest BCUT2D eigenvalue weighted by molar-refractivity contribution is 7.85. The second-order valence-electron chi connectivity index (χ2n) is 33.0. The summed E-state index contributed by atoms with van der Waals surface area (Å²) in [5, 5.41) is 45.8. The number of nitrogen functional groups attached to an aromatic ring is 1. The number of rotatable bonds is 14. The molecule has 0 spiro atoms. The summed E-state index contributed by atoms with van der Waals surface area (Å²) >= 11 is 17.6. The maximum atomic E-state index is 12.5. The lowest BCUT2D eigenvalue weighted by molar-refractivity contribution is -0.130. The van der Waals surface area contributed by atoms with Gasteiger partial charge in [-0.2, -0.15) is 59.1 Å². The number of aliphatic carboxylic acids is 1. The van der Waals surface area contributed by atoms with E-state index in [4.69, 9.17) is 50.2 Å². The van der Waals surface area contributed by atoms with Gasteiger partial charge in [-0.25, -0.2) is 28.5 Å². The lowest BCUT2D eigenvalue weighted by Crippen LogP contribution is -2.32. The first kappa shape index (κ1) is 110. The molecule has 0 aliphatic carbocycles. The molecule has 38 nitrogen and oxygen atoms in total.